The van der Waals surface area contributed by atoms with E-state index >= 15 is 0 Å². The van der Waals surface area contributed by atoms with Gasteiger partial charge < -0.3 is 9.72 Å². The van der Waals surface area contributed by atoms with Crippen molar-refractivity contribution in [3.8, 4) is 5.88 Å². The van der Waals surface area contributed by atoms with Gasteiger partial charge in [-0.25, -0.2) is 9.97 Å². The second kappa shape index (κ2) is 6.49. The number of nitro groups is 1. The number of aromatic nitrogens is 3. The van der Waals surface area contributed by atoms with Crippen molar-refractivity contribution in [3.63, 3.8) is 0 Å². The lowest BCUT2D eigenvalue weighted by molar-refractivity contribution is -0.384. The van der Waals surface area contributed by atoms with Crippen molar-refractivity contribution >= 4 is 33.3 Å². The summed E-state index contributed by atoms with van der Waals surface area (Å²) in [6.45, 7) is 1.64. The third-order valence-corrected chi connectivity index (χ3v) is 4.31. The molecule has 4 aromatic rings. The molecule has 0 saturated carbocycles. The normalized spacial score (nSPS) is 11.0. The first-order chi connectivity index (χ1) is 13.0. The molecule has 27 heavy (non-hydrogen) atoms. The summed E-state index contributed by atoms with van der Waals surface area (Å²) in [5.41, 5.74) is 2.55. The third-order valence-electron chi connectivity index (χ3n) is 4.31. The number of ketones is 1. The Labute approximate surface area is 153 Å². The molecule has 0 aliphatic rings. The number of benzene rings is 2. The summed E-state index contributed by atoms with van der Waals surface area (Å²) in [5.74, 6) is 0.0272. The molecular formula is C19H14N4O4. The molecule has 8 heteroatoms. The van der Waals surface area contributed by atoms with Gasteiger partial charge in [0.2, 0.25) is 11.7 Å². The van der Waals surface area contributed by atoms with E-state index in [1.807, 2.05) is 31.2 Å². The zero-order valence-electron chi connectivity index (χ0n) is 14.3. The van der Waals surface area contributed by atoms with Crippen molar-refractivity contribution in [2.75, 3.05) is 6.61 Å². The lowest BCUT2D eigenvalue weighted by atomic mass is 10.1. The van der Waals surface area contributed by atoms with Gasteiger partial charge in [-0.2, -0.15) is 0 Å². The highest BCUT2D eigenvalue weighted by atomic mass is 16.6. The van der Waals surface area contributed by atoms with Gasteiger partial charge in [0, 0.05) is 34.3 Å². The highest BCUT2D eigenvalue weighted by molar-refractivity contribution is 6.10. The molecule has 0 spiro atoms. The number of ether oxygens (including phenoxy) is 1. The number of nitrogens with zero attached hydrogens (tertiary/aromatic N) is 3. The van der Waals surface area contributed by atoms with E-state index in [2.05, 4.69) is 15.0 Å². The molecule has 4 rings (SSSR count). The van der Waals surface area contributed by atoms with Crippen LogP contribution in [-0.2, 0) is 0 Å². The minimum absolute atomic E-state index is 0.0716. The fourth-order valence-corrected chi connectivity index (χ4v) is 3.09. The summed E-state index contributed by atoms with van der Waals surface area (Å²) in [7, 11) is 0. The highest BCUT2D eigenvalue weighted by Crippen LogP contribution is 2.26. The molecule has 0 atom stereocenters. The summed E-state index contributed by atoms with van der Waals surface area (Å²) >= 11 is 0. The van der Waals surface area contributed by atoms with Crippen LogP contribution in [0.4, 0.5) is 5.69 Å². The quantitative estimate of drug-likeness (QED) is 0.330. The van der Waals surface area contributed by atoms with Gasteiger partial charge in [-0.05, 0) is 19.1 Å². The van der Waals surface area contributed by atoms with Gasteiger partial charge in [0.1, 0.15) is 6.33 Å². The minimum Gasteiger partial charge on any atom is -0.469 e. The number of aromatic amines is 1. The van der Waals surface area contributed by atoms with Gasteiger partial charge in [0.25, 0.3) is 5.69 Å². The fourth-order valence-electron chi connectivity index (χ4n) is 3.09. The topological polar surface area (TPSA) is 111 Å². The zero-order valence-corrected chi connectivity index (χ0v) is 14.3. The standard InChI is InChI=1S/C19H14N4O4/c1-11-18(13-4-2-3-5-15(13)22-11)17(24)9-27-19-14-7-6-12(23(25)26)8-16(14)20-10-21-19/h2-8,10,22H,9H2,1H3. The van der Waals surface area contributed by atoms with E-state index in [4.69, 9.17) is 4.74 Å². The number of carbonyl (C=O) groups excluding carboxylic acids is 1. The molecule has 2 heterocycles. The van der Waals surface area contributed by atoms with Crippen LogP contribution in [0, 0.1) is 17.0 Å². The lowest BCUT2D eigenvalue weighted by Gasteiger charge is -2.07. The Balaban J connectivity index is 1.62. The maximum atomic E-state index is 12.7. The van der Waals surface area contributed by atoms with Crippen molar-refractivity contribution in [1.29, 1.82) is 0 Å². The molecule has 0 bridgehead atoms. The summed E-state index contributed by atoms with van der Waals surface area (Å²) in [6, 6.07) is 11.8. The van der Waals surface area contributed by atoms with Crippen molar-refractivity contribution in [3.05, 3.63) is 70.2 Å². The van der Waals surface area contributed by atoms with Gasteiger partial charge in [-0.1, -0.05) is 18.2 Å². The van der Waals surface area contributed by atoms with Crippen LogP contribution in [0.5, 0.6) is 5.88 Å². The molecule has 0 aliphatic carbocycles. The van der Waals surface area contributed by atoms with E-state index in [-0.39, 0.29) is 24.0 Å². The molecule has 0 unspecified atom stereocenters. The Morgan fingerprint density at radius 3 is 2.81 bits per heavy atom. The summed E-state index contributed by atoms with van der Waals surface area (Å²) < 4.78 is 5.62. The van der Waals surface area contributed by atoms with E-state index in [0.717, 1.165) is 16.6 Å². The second-order valence-corrected chi connectivity index (χ2v) is 6.02. The van der Waals surface area contributed by atoms with Gasteiger partial charge >= 0.3 is 0 Å². The first-order valence-electron chi connectivity index (χ1n) is 8.17. The number of carbonyl (C=O) groups is 1. The van der Waals surface area contributed by atoms with Crippen LogP contribution in [0.15, 0.2) is 48.8 Å². The number of para-hydroxylation sites is 1. The molecule has 0 amide bonds. The molecule has 0 aliphatic heterocycles. The number of nitro benzene ring substituents is 1. The molecule has 0 saturated heterocycles. The van der Waals surface area contributed by atoms with E-state index in [1.54, 1.807) is 0 Å². The SMILES string of the molecule is Cc1[nH]c2ccccc2c1C(=O)COc1ncnc2cc([N+](=O)[O-])ccc12. The maximum Gasteiger partial charge on any atom is 0.271 e. The van der Waals surface area contributed by atoms with Crippen LogP contribution < -0.4 is 4.74 Å². The Morgan fingerprint density at radius 2 is 2.00 bits per heavy atom. The number of H-pyrrole nitrogens is 1. The van der Waals surface area contributed by atoms with Gasteiger partial charge in [-0.15, -0.1) is 0 Å². The predicted octanol–water partition coefficient (Wildman–Crippen LogP) is 3.59. The number of nitrogens with one attached hydrogen (secondary N) is 1. The van der Waals surface area contributed by atoms with Gasteiger partial charge in [0.05, 0.1) is 15.8 Å². The van der Waals surface area contributed by atoms with Gasteiger partial charge in [0.15, 0.2) is 6.61 Å². The van der Waals surface area contributed by atoms with Crippen LogP contribution >= 0.6 is 0 Å². The molecule has 8 nitrogen and oxygen atoms in total. The lowest BCUT2D eigenvalue weighted by Crippen LogP contribution is -2.13. The number of hydrogen-bond donors (Lipinski definition) is 1. The Bertz CT molecular complexity index is 1200. The van der Waals surface area contributed by atoms with Gasteiger partial charge in [-0.3, -0.25) is 14.9 Å². The molecule has 0 radical (unpaired) electrons. The highest BCUT2D eigenvalue weighted by Gasteiger charge is 2.18. The zero-order chi connectivity index (χ0) is 19.0. The number of fused-ring (bicyclic) bond motifs is 2. The van der Waals surface area contributed by atoms with E-state index in [9.17, 15) is 14.9 Å². The molecule has 2 aromatic heterocycles. The Kier molecular flexibility index (Phi) is 4.00. The first kappa shape index (κ1) is 16.6. The van der Waals surface area contributed by atoms with E-state index in [0.29, 0.717) is 16.5 Å². The predicted molar refractivity (Wildman–Crippen MR) is 99.1 cm³/mol. The molecule has 1 N–H and O–H groups in total. The fraction of sp³-hybridized carbons (Fsp3) is 0.105. The smallest absolute Gasteiger partial charge is 0.271 e. The van der Waals surface area contributed by atoms with Crippen molar-refractivity contribution in [2.24, 2.45) is 0 Å². The van der Waals surface area contributed by atoms with Crippen molar-refractivity contribution < 1.29 is 14.5 Å². The summed E-state index contributed by atoms with van der Waals surface area (Å²) in [5, 5.41) is 12.2. The molecule has 2 aromatic carbocycles. The average molecular weight is 362 g/mol. The summed E-state index contributed by atoms with van der Waals surface area (Å²) in [4.78, 5) is 34.4. The number of rotatable bonds is 5. The minimum atomic E-state index is -0.495. The molecular weight excluding hydrogens is 348 g/mol. The van der Waals surface area contributed by atoms with Crippen LogP contribution in [0.3, 0.4) is 0 Å². The van der Waals surface area contributed by atoms with E-state index in [1.165, 1.54) is 24.5 Å². The number of non-ortho nitro benzene ring substituents is 1. The Hall–Kier alpha value is -3.81. The summed E-state index contributed by atoms with van der Waals surface area (Å²) in [6.07, 6.45) is 1.25. The number of aryl methyl sites for hydroxylation is 1. The average Bonchev–Trinajstić information content (AvgIpc) is 3.01. The third kappa shape index (κ3) is 2.97. The van der Waals surface area contributed by atoms with Crippen molar-refractivity contribution in [2.45, 2.75) is 6.92 Å². The first-order valence-corrected chi connectivity index (χ1v) is 8.17. The van der Waals surface area contributed by atoms with Crippen LogP contribution in [-0.4, -0.2) is 32.3 Å². The molecule has 0 fully saturated rings. The van der Waals surface area contributed by atoms with Crippen LogP contribution in [0.1, 0.15) is 16.1 Å². The monoisotopic (exact) mass is 362 g/mol. The van der Waals surface area contributed by atoms with E-state index < -0.39 is 4.92 Å². The maximum absolute atomic E-state index is 12.7. The second-order valence-electron chi connectivity index (χ2n) is 6.02. The Morgan fingerprint density at radius 1 is 1.19 bits per heavy atom. The largest absolute Gasteiger partial charge is 0.469 e. The van der Waals surface area contributed by atoms with Crippen LogP contribution in [0.2, 0.25) is 0 Å². The van der Waals surface area contributed by atoms with Crippen molar-refractivity contribution in [1.82, 2.24) is 15.0 Å². The number of Topliss-reactive ketones (excluding diaryl/α,β-unsaturated/α-hetero) is 1. The number of hydrogen-bond acceptors (Lipinski definition) is 6. The molecule has 134 valence electrons. The van der Waals surface area contributed by atoms with Crippen LogP contribution in [0.25, 0.3) is 21.8 Å².